The lowest BCUT2D eigenvalue weighted by molar-refractivity contribution is 0.288. The van der Waals surface area contributed by atoms with E-state index in [0.717, 1.165) is 0 Å². The number of rotatable bonds is 6. The molecule has 0 fully saturated rings. The third kappa shape index (κ3) is 4.08. The third-order valence-electron chi connectivity index (χ3n) is 4.24. The normalized spacial score (nSPS) is 11.0. The maximum atomic E-state index is 13.1. The van der Waals surface area contributed by atoms with E-state index >= 15 is 0 Å². The lowest BCUT2D eigenvalue weighted by Gasteiger charge is -2.06. The van der Waals surface area contributed by atoms with Crippen LogP contribution in [0.3, 0.4) is 0 Å². The van der Waals surface area contributed by atoms with E-state index in [1.54, 1.807) is 25.1 Å². The van der Waals surface area contributed by atoms with Gasteiger partial charge < -0.3 is 10.1 Å². The number of halogens is 2. The van der Waals surface area contributed by atoms with Gasteiger partial charge in [-0.2, -0.15) is 4.98 Å². The smallest absolute Gasteiger partial charge is 0.351 e. The third-order valence-corrected chi connectivity index (χ3v) is 4.24. The number of fused-ring (bicyclic) bond motifs is 1. The molecule has 0 saturated heterocycles. The summed E-state index contributed by atoms with van der Waals surface area (Å²) in [6, 6.07) is 13.2. The maximum Gasteiger partial charge on any atom is 0.351 e. The van der Waals surface area contributed by atoms with Gasteiger partial charge in [-0.05, 0) is 55.5 Å². The molecule has 2 heterocycles. The number of aryl methyl sites for hydroxylation is 1. The second kappa shape index (κ2) is 7.70. The summed E-state index contributed by atoms with van der Waals surface area (Å²) >= 11 is 0. The van der Waals surface area contributed by atoms with Crippen molar-refractivity contribution < 1.29 is 13.5 Å². The number of benzene rings is 2. The molecule has 0 aliphatic rings. The quantitative estimate of drug-likeness (QED) is 0.541. The van der Waals surface area contributed by atoms with Gasteiger partial charge in [0, 0.05) is 17.4 Å². The Kier molecular flexibility index (Phi) is 4.94. The predicted molar refractivity (Wildman–Crippen MR) is 104 cm³/mol. The molecule has 9 heteroatoms. The van der Waals surface area contributed by atoms with Crippen molar-refractivity contribution in [2.75, 3.05) is 11.9 Å². The Labute approximate surface area is 164 Å². The standard InChI is InChI=1S/C20H17F2N5O2/c1-13-12-18(23-16-6-2-14(21)3-7-16)24-19-25-26(20(28)27(13)19)10-11-29-17-8-4-15(22)5-9-17/h2-9,12H,10-11H2,1H3,(H,23,24,25). The van der Waals surface area contributed by atoms with Crippen LogP contribution in [0.25, 0.3) is 5.78 Å². The Hall–Kier alpha value is -3.75. The number of nitrogens with one attached hydrogen (secondary N) is 1. The van der Waals surface area contributed by atoms with E-state index in [2.05, 4.69) is 15.4 Å². The van der Waals surface area contributed by atoms with Crippen molar-refractivity contribution in [1.82, 2.24) is 19.2 Å². The first kappa shape index (κ1) is 18.6. The molecule has 4 rings (SSSR count). The van der Waals surface area contributed by atoms with E-state index in [9.17, 15) is 13.6 Å². The highest BCUT2D eigenvalue weighted by Crippen LogP contribution is 2.16. The van der Waals surface area contributed by atoms with Crippen LogP contribution in [-0.4, -0.2) is 25.8 Å². The van der Waals surface area contributed by atoms with Gasteiger partial charge in [-0.3, -0.25) is 0 Å². The van der Waals surface area contributed by atoms with E-state index in [4.69, 9.17) is 4.74 Å². The van der Waals surface area contributed by atoms with Gasteiger partial charge in [-0.15, -0.1) is 5.10 Å². The molecule has 0 bridgehead atoms. The molecule has 0 radical (unpaired) electrons. The second-order valence-electron chi connectivity index (χ2n) is 6.36. The molecule has 2 aromatic carbocycles. The van der Waals surface area contributed by atoms with Crippen LogP contribution in [0.4, 0.5) is 20.3 Å². The van der Waals surface area contributed by atoms with Gasteiger partial charge in [0.2, 0.25) is 0 Å². The zero-order chi connectivity index (χ0) is 20.4. The summed E-state index contributed by atoms with van der Waals surface area (Å²) in [5.41, 5.74) is 0.980. The first-order valence-corrected chi connectivity index (χ1v) is 8.88. The number of hydrogen-bond donors (Lipinski definition) is 1. The Balaban J connectivity index is 1.52. The zero-order valence-corrected chi connectivity index (χ0v) is 15.5. The SMILES string of the molecule is Cc1cc(Nc2ccc(F)cc2)nc2nn(CCOc3ccc(F)cc3)c(=O)n12. The van der Waals surface area contributed by atoms with E-state index < -0.39 is 0 Å². The number of anilines is 2. The van der Waals surface area contributed by atoms with Gasteiger partial charge in [0.15, 0.2) is 0 Å². The first-order valence-electron chi connectivity index (χ1n) is 8.88. The molecule has 1 N–H and O–H groups in total. The average Bonchev–Trinajstić information content (AvgIpc) is 3.01. The molecule has 0 aliphatic heterocycles. The van der Waals surface area contributed by atoms with Gasteiger partial charge in [-0.1, -0.05) is 0 Å². The molecule has 148 valence electrons. The molecular formula is C20H17F2N5O2. The van der Waals surface area contributed by atoms with Gasteiger partial charge in [0.1, 0.15) is 29.8 Å². The summed E-state index contributed by atoms with van der Waals surface area (Å²) in [6.07, 6.45) is 0. The largest absolute Gasteiger partial charge is 0.492 e. The van der Waals surface area contributed by atoms with Crippen molar-refractivity contribution in [2.45, 2.75) is 13.5 Å². The summed E-state index contributed by atoms with van der Waals surface area (Å²) in [5.74, 6) is 0.551. The first-order chi connectivity index (χ1) is 14.0. The predicted octanol–water partition coefficient (Wildman–Crippen LogP) is 3.30. The summed E-state index contributed by atoms with van der Waals surface area (Å²) in [5, 5.41) is 7.32. The molecule has 0 spiro atoms. The monoisotopic (exact) mass is 397 g/mol. The summed E-state index contributed by atoms with van der Waals surface area (Å²) in [4.78, 5) is 17.0. The van der Waals surface area contributed by atoms with Crippen LogP contribution in [0.5, 0.6) is 5.75 Å². The molecule has 2 aromatic heterocycles. The fourth-order valence-electron chi connectivity index (χ4n) is 2.85. The van der Waals surface area contributed by atoms with Crippen molar-refractivity contribution in [3.8, 4) is 5.75 Å². The Morgan fingerprint density at radius 1 is 1.03 bits per heavy atom. The zero-order valence-electron chi connectivity index (χ0n) is 15.5. The van der Waals surface area contributed by atoms with Crippen molar-refractivity contribution >= 4 is 17.3 Å². The minimum absolute atomic E-state index is 0.190. The second-order valence-corrected chi connectivity index (χ2v) is 6.36. The molecular weight excluding hydrogens is 380 g/mol. The van der Waals surface area contributed by atoms with Gasteiger partial charge >= 0.3 is 5.69 Å². The highest BCUT2D eigenvalue weighted by Gasteiger charge is 2.12. The number of aromatic nitrogens is 4. The fourth-order valence-corrected chi connectivity index (χ4v) is 2.85. The molecule has 29 heavy (non-hydrogen) atoms. The maximum absolute atomic E-state index is 13.1. The van der Waals surface area contributed by atoms with E-state index in [1.807, 2.05) is 0 Å². The highest BCUT2D eigenvalue weighted by molar-refractivity contribution is 5.57. The van der Waals surface area contributed by atoms with E-state index in [-0.39, 0.29) is 36.3 Å². The summed E-state index contributed by atoms with van der Waals surface area (Å²) in [6.45, 7) is 2.17. The summed E-state index contributed by atoms with van der Waals surface area (Å²) in [7, 11) is 0. The van der Waals surface area contributed by atoms with Crippen LogP contribution < -0.4 is 15.7 Å². The molecule has 0 amide bonds. The lowest BCUT2D eigenvalue weighted by atomic mass is 10.3. The Morgan fingerprint density at radius 2 is 1.69 bits per heavy atom. The van der Waals surface area contributed by atoms with Crippen LogP contribution in [-0.2, 0) is 6.54 Å². The number of nitrogens with zero attached hydrogens (tertiary/aromatic N) is 4. The van der Waals surface area contributed by atoms with Crippen molar-refractivity contribution in [3.63, 3.8) is 0 Å². The van der Waals surface area contributed by atoms with E-state index in [0.29, 0.717) is 22.9 Å². The van der Waals surface area contributed by atoms with Crippen molar-refractivity contribution in [2.24, 2.45) is 0 Å². The lowest BCUT2D eigenvalue weighted by Crippen LogP contribution is -2.24. The van der Waals surface area contributed by atoms with Gasteiger partial charge in [0.05, 0.1) is 6.54 Å². The van der Waals surface area contributed by atoms with Crippen LogP contribution in [0.2, 0.25) is 0 Å². The minimum Gasteiger partial charge on any atom is -0.492 e. The molecule has 0 saturated carbocycles. The Bertz CT molecular complexity index is 1200. The molecule has 4 aromatic rings. The minimum atomic E-state index is -0.347. The van der Waals surface area contributed by atoms with Crippen LogP contribution in [0.15, 0.2) is 59.4 Å². The van der Waals surface area contributed by atoms with Gasteiger partial charge in [-0.25, -0.2) is 22.7 Å². The highest BCUT2D eigenvalue weighted by atomic mass is 19.1. The fraction of sp³-hybridized carbons (Fsp3) is 0.150. The summed E-state index contributed by atoms with van der Waals surface area (Å²) < 4.78 is 34.2. The molecule has 7 nitrogen and oxygen atoms in total. The van der Waals surface area contributed by atoms with Crippen LogP contribution in [0.1, 0.15) is 5.69 Å². The molecule has 0 unspecified atom stereocenters. The van der Waals surface area contributed by atoms with E-state index in [1.165, 1.54) is 45.5 Å². The van der Waals surface area contributed by atoms with Crippen molar-refractivity contribution in [3.05, 3.63) is 82.4 Å². The van der Waals surface area contributed by atoms with Crippen LogP contribution in [0, 0.1) is 18.6 Å². The topological polar surface area (TPSA) is 73.4 Å². The number of ether oxygens (including phenoxy) is 1. The van der Waals surface area contributed by atoms with Crippen molar-refractivity contribution in [1.29, 1.82) is 0 Å². The molecule has 0 aliphatic carbocycles. The average molecular weight is 397 g/mol. The molecule has 0 atom stereocenters. The van der Waals surface area contributed by atoms with Gasteiger partial charge in [0.25, 0.3) is 5.78 Å². The number of hydrogen-bond acceptors (Lipinski definition) is 5. The van der Waals surface area contributed by atoms with Crippen LogP contribution >= 0.6 is 0 Å². The Morgan fingerprint density at radius 3 is 2.38 bits per heavy atom.